The van der Waals surface area contributed by atoms with E-state index in [1.165, 1.54) is 14.0 Å². The van der Waals surface area contributed by atoms with Gasteiger partial charge in [0.05, 0.1) is 26.6 Å². The van der Waals surface area contributed by atoms with E-state index in [1.54, 1.807) is 13.8 Å². The fourth-order valence-electron chi connectivity index (χ4n) is 2.21. The molecule has 11 nitrogen and oxygen atoms in total. The van der Waals surface area contributed by atoms with Gasteiger partial charge in [-0.25, -0.2) is 0 Å². The number of ether oxygens (including phenoxy) is 2. The number of ketones is 1. The molecule has 32 heavy (non-hydrogen) atoms. The molecule has 0 saturated carbocycles. The van der Waals surface area contributed by atoms with Crippen LogP contribution in [0.25, 0.3) is 0 Å². The SMILES string of the molecule is COC(=O)CCC(=O)CC(=O)SCCNC(=O)CCNC(=O)[C@H](O)C(C)(C)COC(C)=O. The first-order valence-corrected chi connectivity index (χ1v) is 11.0. The smallest absolute Gasteiger partial charge is 0.305 e. The quantitative estimate of drug-likeness (QED) is 0.163. The minimum Gasteiger partial charge on any atom is -0.469 e. The lowest BCUT2D eigenvalue weighted by molar-refractivity contribution is -0.151. The second kappa shape index (κ2) is 15.4. The summed E-state index contributed by atoms with van der Waals surface area (Å²) < 4.78 is 9.25. The van der Waals surface area contributed by atoms with Gasteiger partial charge in [0.15, 0.2) is 5.12 Å². The first kappa shape index (κ1) is 29.5. The summed E-state index contributed by atoms with van der Waals surface area (Å²) in [6.45, 7) is 4.41. The van der Waals surface area contributed by atoms with E-state index in [0.29, 0.717) is 0 Å². The van der Waals surface area contributed by atoms with Crippen LogP contribution in [0.1, 0.15) is 46.5 Å². The number of hydrogen-bond acceptors (Lipinski definition) is 10. The number of esters is 2. The third-order valence-electron chi connectivity index (χ3n) is 4.15. The molecule has 0 radical (unpaired) electrons. The van der Waals surface area contributed by atoms with E-state index in [-0.39, 0.29) is 67.9 Å². The third-order valence-corrected chi connectivity index (χ3v) is 5.03. The van der Waals surface area contributed by atoms with Crippen LogP contribution >= 0.6 is 11.8 Å². The maximum atomic E-state index is 12.0. The molecule has 2 amide bonds. The Morgan fingerprint density at radius 1 is 1.00 bits per heavy atom. The second-order valence-corrected chi connectivity index (χ2v) is 8.73. The Labute approximate surface area is 191 Å². The van der Waals surface area contributed by atoms with Crippen molar-refractivity contribution in [2.24, 2.45) is 5.41 Å². The molecule has 0 aliphatic carbocycles. The van der Waals surface area contributed by atoms with Gasteiger partial charge < -0.3 is 25.2 Å². The van der Waals surface area contributed by atoms with Crippen molar-refractivity contribution in [3.05, 3.63) is 0 Å². The van der Waals surface area contributed by atoms with Crippen molar-refractivity contribution in [2.45, 2.75) is 52.6 Å². The Kier molecular flexibility index (Phi) is 14.2. The first-order chi connectivity index (χ1) is 14.9. The molecule has 0 spiro atoms. The highest BCUT2D eigenvalue weighted by molar-refractivity contribution is 8.13. The Morgan fingerprint density at radius 2 is 1.66 bits per heavy atom. The number of rotatable bonds is 15. The molecule has 0 rings (SSSR count). The lowest BCUT2D eigenvalue weighted by Crippen LogP contribution is -2.46. The molecule has 1 atom stereocenters. The average molecular weight is 477 g/mol. The second-order valence-electron chi connectivity index (χ2n) is 7.57. The summed E-state index contributed by atoms with van der Waals surface area (Å²) in [4.78, 5) is 68.9. The Morgan fingerprint density at radius 3 is 2.25 bits per heavy atom. The van der Waals surface area contributed by atoms with E-state index < -0.39 is 29.4 Å². The number of carbonyl (C=O) groups is 6. The van der Waals surface area contributed by atoms with Gasteiger partial charge >= 0.3 is 11.9 Å². The molecule has 0 unspecified atom stereocenters. The number of carbonyl (C=O) groups excluding carboxylic acids is 6. The summed E-state index contributed by atoms with van der Waals surface area (Å²) in [5, 5.41) is 14.8. The topological polar surface area (TPSA) is 165 Å². The zero-order valence-corrected chi connectivity index (χ0v) is 19.7. The molecule has 0 saturated heterocycles. The molecule has 0 aromatic heterocycles. The van der Waals surface area contributed by atoms with E-state index in [0.717, 1.165) is 11.8 Å². The van der Waals surface area contributed by atoms with Gasteiger partial charge in [0.2, 0.25) is 11.8 Å². The maximum Gasteiger partial charge on any atom is 0.305 e. The predicted molar refractivity (Wildman–Crippen MR) is 115 cm³/mol. The minimum atomic E-state index is -1.43. The maximum absolute atomic E-state index is 12.0. The van der Waals surface area contributed by atoms with Gasteiger partial charge in [-0.05, 0) is 0 Å². The van der Waals surface area contributed by atoms with Gasteiger partial charge in [-0.15, -0.1) is 0 Å². The lowest BCUT2D eigenvalue weighted by Gasteiger charge is -2.28. The van der Waals surface area contributed by atoms with Gasteiger partial charge in [0.25, 0.3) is 0 Å². The molecule has 0 heterocycles. The van der Waals surface area contributed by atoms with Crippen molar-refractivity contribution in [1.82, 2.24) is 10.6 Å². The number of thioether (sulfide) groups is 1. The van der Waals surface area contributed by atoms with Crippen LogP contribution in [-0.4, -0.2) is 78.4 Å². The van der Waals surface area contributed by atoms with E-state index in [2.05, 4.69) is 15.4 Å². The van der Waals surface area contributed by atoms with Crippen LogP contribution in [0.4, 0.5) is 0 Å². The molecular formula is C20H32N2O9S. The number of nitrogens with one attached hydrogen (secondary N) is 2. The number of aliphatic hydroxyl groups is 1. The standard InChI is InChI=1S/C20H32N2O9S/c1-13(23)31-12-20(2,3)18(28)19(29)22-8-7-15(25)21-9-10-32-17(27)11-14(24)5-6-16(26)30-4/h18,28H,5-12H2,1-4H3,(H,21,25)(H,22,29)/t18-/m0/s1. The van der Waals surface area contributed by atoms with Crippen LogP contribution in [0.2, 0.25) is 0 Å². The molecule has 12 heteroatoms. The van der Waals surface area contributed by atoms with E-state index >= 15 is 0 Å². The van der Waals surface area contributed by atoms with Gasteiger partial charge in [-0.1, -0.05) is 25.6 Å². The van der Waals surface area contributed by atoms with E-state index in [1.807, 2.05) is 0 Å². The van der Waals surface area contributed by atoms with Crippen molar-refractivity contribution < 1.29 is 43.3 Å². The third kappa shape index (κ3) is 13.8. The highest BCUT2D eigenvalue weighted by atomic mass is 32.2. The van der Waals surface area contributed by atoms with Crippen LogP contribution in [0.3, 0.4) is 0 Å². The number of hydrogen-bond donors (Lipinski definition) is 3. The van der Waals surface area contributed by atoms with Crippen molar-refractivity contribution in [3.8, 4) is 0 Å². The van der Waals surface area contributed by atoms with Crippen LogP contribution < -0.4 is 10.6 Å². The largest absolute Gasteiger partial charge is 0.469 e. The lowest BCUT2D eigenvalue weighted by atomic mass is 9.87. The molecule has 3 N–H and O–H groups in total. The van der Waals surface area contributed by atoms with Gasteiger partial charge in [0.1, 0.15) is 11.9 Å². The Balaban J connectivity index is 4.00. The molecule has 0 aromatic carbocycles. The van der Waals surface area contributed by atoms with E-state index in [4.69, 9.17) is 4.74 Å². The minimum absolute atomic E-state index is 0.00780. The van der Waals surface area contributed by atoms with Crippen LogP contribution in [0, 0.1) is 5.41 Å². The summed E-state index contributed by atoms with van der Waals surface area (Å²) in [6.07, 6.45) is -1.88. The predicted octanol–water partition coefficient (Wildman–Crippen LogP) is -0.269. The van der Waals surface area contributed by atoms with Crippen molar-refractivity contribution in [2.75, 3.05) is 32.6 Å². The van der Waals surface area contributed by atoms with Crippen LogP contribution in [-0.2, 0) is 38.2 Å². The average Bonchev–Trinajstić information content (AvgIpc) is 2.72. The molecule has 0 aliphatic rings. The van der Waals surface area contributed by atoms with Gasteiger partial charge in [-0.2, -0.15) is 0 Å². The summed E-state index contributed by atoms with van der Waals surface area (Å²) in [6, 6.07) is 0. The van der Waals surface area contributed by atoms with Crippen molar-refractivity contribution >= 4 is 46.4 Å². The van der Waals surface area contributed by atoms with Gasteiger partial charge in [-0.3, -0.25) is 28.8 Å². The fourth-order valence-corrected chi connectivity index (χ4v) is 2.90. The molecule has 0 aliphatic heterocycles. The zero-order valence-electron chi connectivity index (χ0n) is 18.9. The molecule has 0 bridgehead atoms. The number of amides is 2. The fraction of sp³-hybridized carbons (Fsp3) is 0.700. The first-order valence-electron chi connectivity index (χ1n) is 9.99. The van der Waals surface area contributed by atoms with Crippen LogP contribution in [0.5, 0.6) is 0 Å². The number of Topliss-reactive ketones (excluding diaryl/α,β-unsaturated/α-hetero) is 1. The highest BCUT2D eigenvalue weighted by Gasteiger charge is 2.34. The molecule has 182 valence electrons. The van der Waals surface area contributed by atoms with Crippen LogP contribution in [0.15, 0.2) is 0 Å². The zero-order chi connectivity index (χ0) is 24.7. The number of methoxy groups -OCH3 is 1. The normalized spacial score (nSPS) is 11.8. The molecular weight excluding hydrogens is 444 g/mol. The van der Waals surface area contributed by atoms with Gasteiger partial charge in [0, 0.05) is 44.0 Å². The summed E-state index contributed by atoms with van der Waals surface area (Å²) in [5.74, 6) is -2.17. The Bertz CT molecular complexity index is 695. The van der Waals surface area contributed by atoms with E-state index in [9.17, 15) is 33.9 Å². The number of aliphatic hydroxyl groups excluding tert-OH is 1. The summed E-state index contributed by atoms with van der Waals surface area (Å²) in [5.41, 5.74) is -0.998. The Hall–Kier alpha value is -2.47. The van der Waals surface area contributed by atoms with Crippen molar-refractivity contribution in [1.29, 1.82) is 0 Å². The monoisotopic (exact) mass is 476 g/mol. The summed E-state index contributed by atoms with van der Waals surface area (Å²) in [7, 11) is 1.22. The van der Waals surface area contributed by atoms with Crippen molar-refractivity contribution in [3.63, 3.8) is 0 Å². The highest BCUT2D eigenvalue weighted by Crippen LogP contribution is 2.21. The molecule has 0 fully saturated rings. The summed E-state index contributed by atoms with van der Waals surface area (Å²) >= 11 is 0.899. The molecule has 0 aromatic rings.